The van der Waals surface area contributed by atoms with E-state index in [4.69, 9.17) is 9.47 Å². The van der Waals surface area contributed by atoms with Crippen molar-refractivity contribution in [1.29, 1.82) is 0 Å². The SMILES string of the molecule is CCOC(=O)C1=C(CC)NN=C(C(=O)OC)C1c1cccc([N+](=O)[O-])c1. The molecule has 0 bridgehead atoms. The van der Waals surface area contributed by atoms with Gasteiger partial charge in [0.25, 0.3) is 5.69 Å². The van der Waals surface area contributed by atoms with Crippen molar-refractivity contribution in [3.05, 3.63) is 51.2 Å². The lowest BCUT2D eigenvalue weighted by molar-refractivity contribution is -0.384. The Morgan fingerprint density at radius 2 is 2.04 bits per heavy atom. The predicted molar refractivity (Wildman–Crippen MR) is 92.4 cm³/mol. The molecular formula is C17H19N3O6. The molecule has 0 spiro atoms. The standard InChI is InChI=1S/C17H19N3O6/c1-4-12-14(16(21)26-5-2)13(15(19-18-12)17(22)25-3)10-7-6-8-11(9-10)20(23)24/h6-9,13,18H,4-5H2,1-3H3. The monoisotopic (exact) mass is 361 g/mol. The number of hydrogen-bond donors (Lipinski definition) is 1. The van der Waals surface area contributed by atoms with Gasteiger partial charge in [-0.05, 0) is 18.9 Å². The number of hydrogen-bond acceptors (Lipinski definition) is 8. The summed E-state index contributed by atoms with van der Waals surface area (Å²) in [5, 5.41) is 15.1. The fraction of sp³-hybridized carbons (Fsp3) is 0.353. The van der Waals surface area contributed by atoms with E-state index in [0.717, 1.165) is 0 Å². The molecule has 26 heavy (non-hydrogen) atoms. The van der Waals surface area contributed by atoms with Crippen molar-refractivity contribution in [2.45, 2.75) is 26.2 Å². The van der Waals surface area contributed by atoms with E-state index in [2.05, 4.69) is 10.5 Å². The molecule has 1 atom stereocenters. The Hall–Kier alpha value is -3.23. The Kier molecular flexibility index (Phi) is 6.05. The molecule has 0 saturated carbocycles. The summed E-state index contributed by atoms with van der Waals surface area (Å²) in [5.41, 5.74) is 3.49. The summed E-state index contributed by atoms with van der Waals surface area (Å²) in [7, 11) is 1.19. The Morgan fingerprint density at radius 3 is 2.62 bits per heavy atom. The number of allylic oxidation sites excluding steroid dienone is 1. The molecular weight excluding hydrogens is 342 g/mol. The van der Waals surface area contributed by atoms with Crippen LogP contribution in [0.5, 0.6) is 0 Å². The van der Waals surface area contributed by atoms with Gasteiger partial charge in [-0.3, -0.25) is 15.5 Å². The summed E-state index contributed by atoms with van der Waals surface area (Å²) in [6.45, 7) is 3.62. The van der Waals surface area contributed by atoms with E-state index in [1.807, 2.05) is 6.92 Å². The molecule has 0 radical (unpaired) electrons. The minimum atomic E-state index is -0.933. The maximum absolute atomic E-state index is 12.6. The average Bonchev–Trinajstić information content (AvgIpc) is 2.66. The summed E-state index contributed by atoms with van der Waals surface area (Å²) in [6, 6.07) is 5.71. The lowest BCUT2D eigenvalue weighted by atomic mass is 9.84. The van der Waals surface area contributed by atoms with Crippen molar-refractivity contribution in [3.8, 4) is 0 Å². The molecule has 0 aromatic heterocycles. The molecule has 0 amide bonds. The molecule has 138 valence electrons. The van der Waals surface area contributed by atoms with Crippen molar-refractivity contribution in [3.63, 3.8) is 0 Å². The van der Waals surface area contributed by atoms with Crippen molar-refractivity contribution in [2.24, 2.45) is 5.10 Å². The molecule has 1 aliphatic heterocycles. The van der Waals surface area contributed by atoms with Crippen molar-refractivity contribution in [2.75, 3.05) is 13.7 Å². The fourth-order valence-corrected chi connectivity index (χ4v) is 2.69. The van der Waals surface area contributed by atoms with Crippen LogP contribution in [0.4, 0.5) is 5.69 Å². The van der Waals surface area contributed by atoms with E-state index < -0.39 is 22.8 Å². The van der Waals surface area contributed by atoms with Gasteiger partial charge in [0.15, 0.2) is 5.71 Å². The highest BCUT2D eigenvalue weighted by molar-refractivity contribution is 6.40. The maximum Gasteiger partial charge on any atom is 0.355 e. The summed E-state index contributed by atoms with van der Waals surface area (Å²) >= 11 is 0. The van der Waals surface area contributed by atoms with Gasteiger partial charge in [-0.2, -0.15) is 5.10 Å². The molecule has 9 heteroatoms. The van der Waals surface area contributed by atoms with Crippen LogP contribution in [-0.4, -0.2) is 36.3 Å². The van der Waals surface area contributed by atoms with Crippen LogP contribution in [0.2, 0.25) is 0 Å². The molecule has 0 fully saturated rings. The lowest BCUT2D eigenvalue weighted by Gasteiger charge is -2.27. The third-order valence-electron chi connectivity index (χ3n) is 3.86. The number of nitrogens with zero attached hydrogens (tertiary/aromatic N) is 2. The number of carbonyl (C=O) groups excluding carboxylic acids is 2. The number of nitrogens with one attached hydrogen (secondary N) is 1. The van der Waals surface area contributed by atoms with Crippen LogP contribution in [0.25, 0.3) is 0 Å². The second-order valence-corrected chi connectivity index (χ2v) is 5.35. The van der Waals surface area contributed by atoms with Gasteiger partial charge >= 0.3 is 11.9 Å². The molecule has 9 nitrogen and oxygen atoms in total. The van der Waals surface area contributed by atoms with Crippen LogP contribution in [0, 0.1) is 10.1 Å². The smallest absolute Gasteiger partial charge is 0.355 e. The number of hydrazone groups is 1. The molecule has 0 saturated heterocycles. The summed E-state index contributed by atoms with van der Waals surface area (Å²) in [4.78, 5) is 35.3. The molecule has 2 rings (SSSR count). The van der Waals surface area contributed by atoms with E-state index >= 15 is 0 Å². The summed E-state index contributed by atoms with van der Waals surface area (Å²) < 4.78 is 9.88. The predicted octanol–water partition coefficient (Wildman–Crippen LogP) is 2.04. The van der Waals surface area contributed by atoms with Crippen molar-refractivity contribution < 1.29 is 24.0 Å². The number of non-ortho nitro benzene ring substituents is 1. The highest BCUT2D eigenvalue weighted by Crippen LogP contribution is 2.34. The van der Waals surface area contributed by atoms with Crippen LogP contribution < -0.4 is 5.43 Å². The number of nitro groups is 1. The molecule has 1 aromatic rings. The van der Waals surface area contributed by atoms with E-state index in [9.17, 15) is 19.7 Å². The van der Waals surface area contributed by atoms with Crippen LogP contribution in [0.15, 0.2) is 40.6 Å². The molecule has 1 heterocycles. The molecule has 0 aliphatic carbocycles. The van der Waals surface area contributed by atoms with Crippen LogP contribution in [0.1, 0.15) is 31.7 Å². The molecule has 1 N–H and O–H groups in total. The van der Waals surface area contributed by atoms with Gasteiger partial charge in [0, 0.05) is 17.8 Å². The second-order valence-electron chi connectivity index (χ2n) is 5.35. The molecule has 1 aromatic carbocycles. The fourth-order valence-electron chi connectivity index (χ4n) is 2.69. The first kappa shape index (κ1) is 19.1. The first-order valence-corrected chi connectivity index (χ1v) is 8.00. The third kappa shape index (κ3) is 3.71. The number of rotatable bonds is 6. The zero-order chi connectivity index (χ0) is 19.3. The zero-order valence-corrected chi connectivity index (χ0v) is 14.6. The van der Waals surface area contributed by atoms with E-state index in [1.54, 1.807) is 13.0 Å². The van der Waals surface area contributed by atoms with E-state index in [1.165, 1.54) is 25.3 Å². The Labute approximate surface area is 149 Å². The van der Waals surface area contributed by atoms with Gasteiger partial charge in [0.2, 0.25) is 0 Å². The van der Waals surface area contributed by atoms with Crippen LogP contribution in [-0.2, 0) is 19.1 Å². The highest BCUT2D eigenvalue weighted by atomic mass is 16.6. The minimum absolute atomic E-state index is 0.0757. The number of benzene rings is 1. The number of nitro benzene ring substituents is 1. The summed E-state index contributed by atoms with van der Waals surface area (Å²) in [5.74, 6) is -2.30. The van der Waals surface area contributed by atoms with Gasteiger partial charge < -0.3 is 9.47 Å². The normalized spacial score (nSPS) is 16.4. The first-order valence-electron chi connectivity index (χ1n) is 8.00. The van der Waals surface area contributed by atoms with Crippen LogP contribution >= 0.6 is 0 Å². The summed E-state index contributed by atoms with van der Waals surface area (Å²) in [6.07, 6.45) is 0.428. The van der Waals surface area contributed by atoms with E-state index in [0.29, 0.717) is 17.7 Å². The van der Waals surface area contributed by atoms with Gasteiger partial charge in [-0.25, -0.2) is 9.59 Å². The van der Waals surface area contributed by atoms with Crippen LogP contribution in [0.3, 0.4) is 0 Å². The highest BCUT2D eigenvalue weighted by Gasteiger charge is 2.38. The molecule has 1 aliphatic rings. The number of methoxy groups -OCH3 is 1. The van der Waals surface area contributed by atoms with E-state index in [-0.39, 0.29) is 23.6 Å². The maximum atomic E-state index is 12.6. The Balaban J connectivity index is 2.66. The molecule has 1 unspecified atom stereocenters. The quantitative estimate of drug-likeness (QED) is 0.467. The topological polar surface area (TPSA) is 120 Å². The van der Waals surface area contributed by atoms with Crippen molar-refractivity contribution >= 4 is 23.3 Å². The minimum Gasteiger partial charge on any atom is -0.464 e. The van der Waals surface area contributed by atoms with Gasteiger partial charge in [0.1, 0.15) is 0 Å². The number of ether oxygens (including phenoxy) is 2. The Morgan fingerprint density at radius 1 is 1.31 bits per heavy atom. The van der Waals surface area contributed by atoms with Crippen molar-refractivity contribution in [1.82, 2.24) is 5.43 Å². The number of esters is 2. The second kappa shape index (κ2) is 8.24. The average molecular weight is 361 g/mol. The third-order valence-corrected chi connectivity index (χ3v) is 3.86. The number of carbonyl (C=O) groups is 2. The van der Waals surface area contributed by atoms with Gasteiger partial charge in [-0.15, -0.1) is 0 Å². The first-order chi connectivity index (χ1) is 12.4. The van der Waals surface area contributed by atoms with Gasteiger partial charge in [0.05, 0.1) is 30.1 Å². The van der Waals surface area contributed by atoms with Gasteiger partial charge in [-0.1, -0.05) is 19.1 Å². The lowest BCUT2D eigenvalue weighted by Crippen LogP contribution is -2.36. The Bertz CT molecular complexity index is 799. The zero-order valence-electron chi connectivity index (χ0n) is 14.6. The largest absolute Gasteiger partial charge is 0.464 e.